The lowest BCUT2D eigenvalue weighted by atomic mass is 10.0. The second-order valence-corrected chi connectivity index (χ2v) is 3.93. The summed E-state index contributed by atoms with van der Waals surface area (Å²) in [6.45, 7) is 5.45. The molecule has 1 unspecified atom stereocenters. The van der Waals surface area contributed by atoms with Gasteiger partial charge in [0, 0.05) is 26.4 Å². The van der Waals surface area contributed by atoms with Crippen molar-refractivity contribution in [3.63, 3.8) is 0 Å². The number of rotatable bonds is 6. The maximum Gasteiger partial charge on any atom is 0.324 e. The Morgan fingerprint density at radius 3 is 2.47 bits per heavy atom. The normalized spacial score (nSPS) is 11.4. The van der Waals surface area contributed by atoms with Crippen molar-refractivity contribution in [2.75, 3.05) is 13.6 Å². The van der Waals surface area contributed by atoms with Gasteiger partial charge in [0.05, 0.1) is 0 Å². The van der Waals surface area contributed by atoms with Gasteiger partial charge in [-0.1, -0.05) is 13.0 Å². The summed E-state index contributed by atoms with van der Waals surface area (Å²) in [6, 6.07) is -0.516. The van der Waals surface area contributed by atoms with E-state index in [1.54, 1.807) is 6.92 Å². The van der Waals surface area contributed by atoms with Crippen LogP contribution in [0.25, 0.3) is 0 Å². The molecule has 0 radical (unpaired) electrons. The number of carbonyl (C=O) groups excluding carboxylic acids is 2. The zero-order valence-electron chi connectivity index (χ0n) is 10.1. The molecule has 3 amide bonds. The van der Waals surface area contributed by atoms with E-state index in [9.17, 15) is 14.4 Å². The molecular formula is C11H18N2O4. The van der Waals surface area contributed by atoms with Crippen LogP contribution >= 0.6 is 0 Å². The van der Waals surface area contributed by atoms with Crippen LogP contribution in [0.2, 0.25) is 0 Å². The molecule has 0 saturated heterocycles. The Bertz CT molecular complexity index is 315. The second-order valence-electron chi connectivity index (χ2n) is 3.93. The van der Waals surface area contributed by atoms with E-state index in [2.05, 4.69) is 11.9 Å². The van der Waals surface area contributed by atoms with Gasteiger partial charge >= 0.3 is 12.0 Å². The van der Waals surface area contributed by atoms with E-state index in [-0.39, 0.29) is 18.8 Å². The highest BCUT2D eigenvalue weighted by Crippen LogP contribution is 2.06. The number of imide groups is 1. The number of hydrogen-bond acceptors (Lipinski definition) is 3. The summed E-state index contributed by atoms with van der Waals surface area (Å²) in [6.07, 6.45) is 1.46. The Labute approximate surface area is 100 Å². The summed E-state index contributed by atoms with van der Waals surface area (Å²) in [5.41, 5.74) is 0. The fourth-order valence-corrected chi connectivity index (χ4v) is 1.23. The molecule has 0 aromatic rings. The lowest BCUT2D eigenvalue weighted by Crippen LogP contribution is -2.41. The van der Waals surface area contributed by atoms with Gasteiger partial charge in [0.2, 0.25) is 5.91 Å². The summed E-state index contributed by atoms with van der Waals surface area (Å²) in [7, 11) is 1.53. The van der Waals surface area contributed by atoms with Crippen molar-refractivity contribution in [3.05, 3.63) is 12.7 Å². The Hall–Kier alpha value is -1.85. The number of amides is 3. The van der Waals surface area contributed by atoms with Crippen LogP contribution in [0.3, 0.4) is 0 Å². The Kier molecular flexibility index (Phi) is 6.62. The maximum absolute atomic E-state index is 11.4. The van der Waals surface area contributed by atoms with Crippen LogP contribution in [0.5, 0.6) is 0 Å². The second kappa shape index (κ2) is 7.43. The molecule has 0 heterocycles. The predicted molar refractivity (Wildman–Crippen MR) is 62.4 cm³/mol. The number of nitrogens with one attached hydrogen (secondary N) is 1. The average molecular weight is 242 g/mol. The fraction of sp³-hybridized carbons (Fsp3) is 0.545. The number of carboxylic acid groups (broad SMARTS) is 1. The molecule has 17 heavy (non-hydrogen) atoms. The predicted octanol–water partition coefficient (Wildman–Crippen LogP) is 0.841. The van der Waals surface area contributed by atoms with Crippen LogP contribution in [0, 0.1) is 5.92 Å². The molecule has 0 aliphatic heterocycles. The van der Waals surface area contributed by atoms with Gasteiger partial charge in [0.15, 0.2) is 0 Å². The van der Waals surface area contributed by atoms with Crippen molar-refractivity contribution < 1.29 is 19.5 Å². The number of urea groups is 1. The van der Waals surface area contributed by atoms with E-state index in [0.29, 0.717) is 6.54 Å². The van der Waals surface area contributed by atoms with Crippen LogP contribution < -0.4 is 5.32 Å². The molecule has 0 aromatic carbocycles. The molecule has 0 aromatic heterocycles. The van der Waals surface area contributed by atoms with Gasteiger partial charge in [-0.3, -0.25) is 14.9 Å². The lowest BCUT2D eigenvalue weighted by Gasteiger charge is -2.15. The van der Waals surface area contributed by atoms with Gasteiger partial charge in [-0.25, -0.2) is 4.79 Å². The molecule has 96 valence electrons. The van der Waals surface area contributed by atoms with E-state index in [4.69, 9.17) is 5.11 Å². The van der Waals surface area contributed by atoms with Crippen molar-refractivity contribution in [2.24, 2.45) is 5.92 Å². The van der Waals surface area contributed by atoms with Gasteiger partial charge in [-0.05, 0) is 5.92 Å². The van der Waals surface area contributed by atoms with Crippen molar-refractivity contribution in [3.8, 4) is 0 Å². The molecule has 0 aliphatic carbocycles. The van der Waals surface area contributed by atoms with Crippen molar-refractivity contribution in [1.82, 2.24) is 10.2 Å². The SMILES string of the molecule is C=CCN(C)C(=O)NC(=O)CC(C)CC(=O)O. The molecule has 1 atom stereocenters. The first kappa shape index (κ1) is 15.2. The van der Waals surface area contributed by atoms with Crippen LogP contribution in [0.1, 0.15) is 19.8 Å². The third-order valence-electron chi connectivity index (χ3n) is 2.05. The topological polar surface area (TPSA) is 86.7 Å². The summed E-state index contributed by atoms with van der Waals surface area (Å²) >= 11 is 0. The highest BCUT2D eigenvalue weighted by Gasteiger charge is 2.16. The number of carboxylic acids is 1. The number of aliphatic carboxylic acids is 1. The first-order chi connectivity index (χ1) is 7.86. The van der Waals surface area contributed by atoms with E-state index in [0.717, 1.165) is 0 Å². The molecule has 6 nitrogen and oxygen atoms in total. The van der Waals surface area contributed by atoms with Gasteiger partial charge in [-0.15, -0.1) is 6.58 Å². The number of likely N-dealkylation sites (N-methyl/N-ethyl adjacent to an activating group) is 1. The quantitative estimate of drug-likeness (QED) is 0.676. The lowest BCUT2D eigenvalue weighted by molar-refractivity contribution is -0.138. The smallest absolute Gasteiger partial charge is 0.324 e. The largest absolute Gasteiger partial charge is 0.481 e. The van der Waals surface area contributed by atoms with Crippen molar-refractivity contribution in [1.29, 1.82) is 0 Å². The zero-order chi connectivity index (χ0) is 13.4. The molecule has 0 saturated carbocycles. The zero-order valence-corrected chi connectivity index (χ0v) is 10.1. The van der Waals surface area contributed by atoms with Crippen LogP contribution in [0.4, 0.5) is 4.79 Å². The highest BCUT2D eigenvalue weighted by molar-refractivity contribution is 5.94. The molecule has 0 bridgehead atoms. The van der Waals surface area contributed by atoms with Gasteiger partial charge in [0.25, 0.3) is 0 Å². The van der Waals surface area contributed by atoms with Crippen molar-refractivity contribution >= 4 is 17.9 Å². The van der Waals surface area contributed by atoms with E-state index in [1.807, 2.05) is 0 Å². The van der Waals surface area contributed by atoms with Crippen LogP contribution in [0.15, 0.2) is 12.7 Å². The number of carbonyl (C=O) groups is 3. The third-order valence-corrected chi connectivity index (χ3v) is 2.05. The summed E-state index contributed by atoms with van der Waals surface area (Å²) in [5, 5.41) is 10.7. The minimum absolute atomic E-state index is 0.0139. The van der Waals surface area contributed by atoms with E-state index in [1.165, 1.54) is 18.0 Å². The third kappa shape index (κ3) is 7.10. The van der Waals surface area contributed by atoms with Crippen LogP contribution in [-0.4, -0.2) is 41.5 Å². The van der Waals surface area contributed by atoms with Gasteiger partial charge in [0.1, 0.15) is 0 Å². The molecule has 0 rings (SSSR count). The Morgan fingerprint density at radius 1 is 1.41 bits per heavy atom. The fourth-order valence-electron chi connectivity index (χ4n) is 1.23. The maximum atomic E-state index is 11.4. The average Bonchev–Trinajstić information content (AvgIpc) is 2.15. The highest BCUT2D eigenvalue weighted by atomic mass is 16.4. The summed E-state index contributed by atoms with van der Waals surface area (Å²) < 4.78 is 0. The molecule has 6 heteroatoms. The van der Waals surface area contributed by atoms with E-state index >= 15 is 0 Å². The number of hydrogen-bond donors (Lipinski definition) is 2. The van der Waals surface area contributed by atoms with Crippen molar-refractivity contribution in [2.45, 2.75) is 19.8 Å². The molecular weight excluding hydrogens is 224 g/mol. The minimum Gasteiger partial charge on any atom is -0.481 e. The Balaban J connectivity index is 4.05. The molecule has 0 fully saturated rings. The van der Waals surface area contributed by atoms with Crippen LogP contribution in [-0.2, 0) is 9.59 Å². The monoisotopic (exact) mass is 242 g/mol. The molecule has 0 aliphatic rings. The minimum atomic E-state index is -0.958. The summed E-state index contributed by atoms with van der Waals surface area (Å²) in [4.78, 5) is 34.4. The Morgan fingerprint density at radius 2 is 2.00 bits per heavy atom. The molecule has 0 spiro atoms. The van der Waals surface area contributed by atoms with Gasteiger partial charge < -0.3 is 10.0 Å². The standard InChI is InChI=1S/C11H18N2O4/c1-4-5-13(3)11(17)12-9(14)6-8(2)7-10(15)16/h4,8H,1,5-7H2,2-3H3,(H,15,16)(H,12,14,17). The first-order valence-corrected chi connectivity index (χ1v) is 5.24. The molecule has 2 N–H and O–H groups in total. The van der Waals surface area contributed by atoms with Gasteiger partial charge in [-0.2, -0.15) is 0 Å². The number of nitrogens with zero attached hydrogens (tertiary/aromatic N) is 1. The van der Waals surface area contributed by atoms with E-state index < -0.39 is 17.9 Å². The first-order valence-electron chi connectivity index (χ1n) is 5.24. The summed E-state index contributed by atoms with van der Waals surface area (Å²) in [5.74, 6) is -1.73.